The monoisotopic (exact) mass is 174 g/mol. The average Bonchev–Trinajstić information content (AvgIpc) is 2.38. The molecule has 0 amide bonds. The van der Waals surface area contributed by atoms with Crippen molar-refractivity contribution in [2.45, 2.75) is 44.3 Å². The van der Waals surface area contributed by atoms with Crippen molar-refractivity contribution in [1.82, 2.24) is 0 Å². The average molecular weight is 174 g/mol. The van der Waals surface area contributed by atoms with Crippen molar-refractivity contribution in [1.29, 1.82) is 0 Å². The Balaban J connectivity index is 2.88. The zero-order valence-electron chi connectivity index (χ0n) is 7.56. The lowest BCUT2D eigenvalue weighted by atomic mass is 10.1. The summed E-state index contributed by atoms with van der Waals surface area (Å²) in [6, 6.07) is 0. The lowest BCUT2D eigenvalue weighted by molar-refractivity contribution is 0.604. The van der Waals surface area contributed by atoms with Crippen LogP contribution in [0.25, 0.3) is 0 Å². The van der Waals surface area contributed by atoms with Gasteiger partial charge in [0.25, 0.3) is 0 Å². The molecule has 2 heteroatoms. The van der Waals surface area contributed by atoms with Gasteiger partial charge in [0.05, 0.1) is 0 Å². The topological polar surface area (TPSA) is 17.1 Å². The molecular formula is C9H18OS. The molecule has 1 nitrogen and oxygen atoms in total. The summed E-state index contributed by atoms with van der Waals surface area (Å²) in [7, 11) is -1.80. The first kappa shape index (κ1) is 9.11. The van der Waals surface area contributed by atoms with E-state index in [0.717, 1.165) is 18.6 Å². The summed E-state index contributed by atoms with van der Waals surface area (Å²) in [5.74, 6) is 4.61. The van der Waals surface area contributed by atoms with Gasteiger partial charge in [-0.15, -0.1) is 0 Å². The zero-order chi connectivity index (χ0) is 8.54. The molecule has 0 aromatic heterocycles. The van der Waals surface area contributed by atoms with E-state index in [0.29, 0.717) is 0 Å². The Bertz CT molecular complexity index is 220. The SMILES string of the molecule is C=S(=O)(CC)C1(C)CCCC1. The molecule has 0 spiro atoms. The van der Waals surface area contributed by atoms with Crippen molar-refractivity contribution >= 4 is 15.4 Å². The van der Waals surface area contributed by atoms with Gasteiger partial charge in [-0.2, -0.15) is 0 Å². The van der Waals surface area contributed by atoms with Crippen molar-refractivity contribution in [2.24, 2.45) is 0 Å². The van der Waals surface area contributed by atoms with Gasteiger partial charge in [-0.25, -0.2) is 0 Å². The van der Waals surface area contributed by atoms with Gasteiger partial charge in [-0.05, 0) is 35.2 Å². The first-order valence-electron chi connectivity index (χ1n) is 4.36. The van der Waals surface area contributed by atoms with E-state index in [-0.39, 0.29) is 4.75 Å². The van der Waals surface area contributed by atoms with Gasteiger partial charge in [-0.1, -0.05) is 19.8 Å². The molecule has 1 fully saturated rings. The van der Waals surface area contributed by atoms with E-state index in [2.05, 4.69) is 12.8 Å². The minimum absolute atomic E-state index is 0.0573. The summed E-state index contributed by atoms with van der Waals surface area (Å²) in [5.41, 5.74) is 0. The molecule has 1 aliphatic carbocycles. The second-order valence-electron chi connectivity index (χ2n) is 3.76. The second-order valence-corrected chi connectivity index (χ2v) is 6.94. The predicted octanol–water partition coefficient (Wildman–Crippen LogP) is 2.06. The highest BCUT2D eigenvalue weighted by molar-refractivity contribution is 8.01. The van der Waals surface area contributed by atoms with E-state index >= 15 is 0 Å². The molecule has 1 atom stereocenters. The van der Waals surface area contributed by atoms with Crippen LogP contribution in [0.3, 0.4) is 0 Å². The summed E-state index contributed by atoms with van der Waals surface area (Å²) < 4.78 is 12.0. The predicted molar refractivity (Wildman–Crippen MR) is 52.7 cm³/mol. The Labute approximate surface area is 70.2 Å². The van der Waals surface area contributed by atoms with Crippen LogP contribution in [-0.4, -0.2) is 20.6 Å². The van der Waals surface area contributed by atoms with Gasteiger partial charge in [0.2, 0.25) is 0 Å². The quantitative estimate of drug-likeness (QED) is 0.586. The van der Waals surface area contributed by atoms with E-state index in [1.54, 1.807) is 0 Å². The fourth-order valence-corrected chi connectivity index (χ4v) is 3.57. The van der Waals surface area contributed by atoms with Gasteiger partial charge in [0.1, 0.15) is 0 Å². The zero-order valence-corrected chi connectivity index (χ0v) is 8.38. The van der Waals surface area contributed by atoms with Crippen molar-refractivity contribution < 1.29 is 4.21 Å². The fraction of sp³-hybridized carbons (Fsp3) is 0.889. The molecular weight excluding hydrogens is 156 g/mol. The van der Waals surface area contributed by atoms with E-state index in [1.807, 2.05) is 6.92 Å². The largest absolute Gasteiger partial charge is 0.267 e. The molecule has 0 aliphatic heterocycles. The minimum atomic E-state index is -1.80. The summed E-state index contributed by atoms with van der Waals surface area (Å²) in [6.07, 6.45) is 4.71. The van der Waals surface area contributed by atoms with Crippen molar-refractivity contribution in [3.63, 3.8) is 0 Å². The summed E-state index contributed by atoms with van der Waals surface area (Å²) in [4.78, 5) is 0. The van der Waals surface area contributed by atoms with Crippen LogP contribution in [0.15, 0.2) is 0 Å². The normalized spacial score (nSPS) is 28.2. The maximum absolute atomic E-state index is 12.0. The molecule has 0 radical (unpaired) electrons. The van der Waals surface area contributed by atoms with Crippen LogP contribution in [0.5, 0.6) is 0 Å². The molecule has 0 saturated heterocycles. The first-order chi connectivity index (χ1) is 5.02. The van der Waals surface area contributed by atoms with Crippen LogP contribution in [0.1, 0.15) is 39.5 Å². The van der Waals surface area contributed by atoms with E-state index in [9.17, 15) is 4.21 Å². The van der Waals surface area contributed by atoms with Crippen LogP contribution in [0, 0.1) is 0 Å². The molecule has 1 rings (SSSR count). The molecule has 0 N–H and O–H groups in total. The highest BCUT2D eigenvalue weighted by Gasteiger charge is 2.35. The highest BCUT2D eigenvalue weighted by Crippen LogP contribution is 2.36. The number of hydrogen-bond donors (Lipinski definition) is 0. The summed E-state index contributed by atoms with van der Waals surface area (Å²) in [6.45, 7) is 4.12. The van der Waals surface area contributed by atoms with Crippen molar-refractivity contribution in [3.05, 3.63) is 0 Å². The van der Waals surface area contributed by atoms with E-state index in [4.69, 9.17) is 0 Å². The lowest BCUT2D eigenvalue weighted by Gasteiger charge is -2.27. The van der Waals surface area contributed by atoms with Crippen LogP contribution in [0.2, 0.25) is 0 Å². The first-order valence-corrected chi connectivity index (χ1v) is 6.26. The maximum atomic E-state index is 12.0. The van der Waals surface area contributed by atoms with Gasteiger partial charge in [0.15, 0.2) is 0 Å². The smallest absolute Gasteiger partial charge is 0.0355 e. The molecule has 1 saturated carbocycles. The van der Waals surface area contributed by atoms with Gasteiger partial charge < -0.3 is 0 Å². The Morgan fingerprint density at radius 3 is 2.27 bits per heavy atom. The second kappa shape index (κ2) is 2.81. The lowest BCUT2D eigenvalue weighted by Crippen LogP contribution is -2.33. The molecule has 1 aliphatic rings. The molecule has 11 heavy (non-hydrogen) atoms. The van der Waals surface area contributed by atoms with E-state index in [1.165, 1.54) is 12.8 Å². The standard InChI is InChI=1S/C9H18OS/c1-4-11(3,10)9(2)7-5-6-8-9/h3-8H2,1-2H3. The molecule has 66 valence electrons. The molecule has 0 aromatic carbocycles. The summed E-state index contributed by atoms with van der Waals surface area (Å²) >= 11 is 0. The third-order valence-corrected chi connectivity index (χ3v) is 6.16. The molecule has 0 aromatic rings. The van der Waals surface area contributed by atoms with Crippen LogP contribution >= 0.6 is 0 Å². The van der Waals surface area contributed by atoms with Crippen molar-refractivity contribution in [3.8, 4) is 0 Å². The third kappa shape index (κ3) is 1.46. The number of hydrogen-bond acceptors (Lipinski definition) is 1. The Kier molecular flexibility index (Phi) is 2.33. The van der Waals surface area contributed by atoms with Gasteiger partial charge in [-0.3, -0.25) is 4.21 Å². The fourth-order valence-electron chi connectivity index (χ4n) is 1.84. The third-order valence-electron chi connectivity index (χ3n) is 3.03. The van der Waals surface area contributed by atoms with Crippen molar-refractivity contribution in [2.75, 3.05) is 5.75 Å². The molecule has 0 heterocycles. The minimum Gasteiger partial charge on any atom is -0.267 e. The Morgan fingerprint density at radius 1 is 1.45 bits per heavy atom. The van der Waals surface area contributed by atoms with Crippen LogP contribution in [-0.2, 0) is 9.52 Å². The molecule has 0 bridgehead atoms. The van der Waals surface area contributed by atoms with Crippen LogP contribution in [0.4, 0.5) is 0 Å². The van der Waals surface area contributed by atoms with Gasteiger partial charge >= 0.3 is 0 Å². The summed E-state index contributed by atoms with van der Waals surface area (Å²) in [5, 5.41) is 0. The van der Waals surface area contributed by atoms with E-state index < -0.39 is 9.52 Å². The maximum Gasteiger partial charge on any atom is 0.0355 e. The van der Waals surface area contributed by atoms with Crippen LogP contribution < -0.4 is 0 Å². The highest BCUT2D eigenvalue weighted by atomic mass is 32.2. The Hall–Kier alpha value is 0.0200. The Morgan fingerprint density at radius 2 is 1.91 bits per heavy atom. The molecule has 1 unspecified atom stereocenters. The van der Waals surface area contributed by atoms with Gasteiger partial charge in [0, 0.05) is 10.5 Å². The number of rotatable bonds is 2.